The minimum Gasteiger partial charge on any atom is -0.492 e. The Bertz CT molecular complexity index is 741. The molecule has 9 heteroatoms. The van der Waals surface area contributed by atoms with Gasteiger partial charge in [-0.05, 0) is 12.1 Å². The lowest BCUT2D eigenvalue weighted by molar-refractivity contribution is 0.340. The van der Waals surface area contributed by atoms with Crippen molar-refractivity contribution in [2.75, 3.05) is 23.8 Å². The summed E-state index contributed by atoms with van der Waals surface area (Å²) in [6, 6.07) is 5.94. The average molecular weight is 332 g/mol. The van der Waals surface area contributed by atoms with Gasteiger partial charge in [0.2, 0.25) is 10.0 Å². The summed E-state index contributed by atoms with van der Waals surface area (Å²) in [4.78, 5) is 0. The summed E-state index contributed by atoms with van der Waals surface area (Å²) in [7, 11) is -6.91. The monoisotopic (exact) mass is 332 g/mol. The standard InChI is InChI=1S/C12H16N2O5S2/c13-10-2-1-3-12(8-10)19-5-7-21(17,18)14-11-4-6-20(15,16)9-11/h1-4,6,8,11,14H,5,7,9,13H2. The number of nitrogen functional groups attached to an aromatic ring is 1. The second-order valence-electron chi connectivity index (χ2n) is 4.62. The third-order valence-corrected chi connectivity index (χ3v) is 5.50. The van der Waals surface area contributed by atoms with Crippen molar-refractivity contribution in [3.05, 3.63) is 35.7 Å². The molecule has 0 amide bonds. The second kappa shape index (κ2) is 6.04. The molecule has 3 N–H and O–H groups in total. The van der Waals surface area contributed by atoms with E-state index in [0.29, 0.717) is 11.4 Å². The van der Waals surface area contributed by atoms with E-state index in [9.17, 15) is 16.8 Å². The second-order valence-corrected chi connectivity index (χ2v) is 8.43. The van der Waals surface area contributed by atoms with Crippen LogP contribution in [0.3, 0.4) is 0 Å². The minimum atomic E-state index is -3.62. The zero-order chi connectivity index (χ0) is 15.5. The molecule has 1 atom stereocenters. The van der Waals surface area contributed by atoms with Crippen molar-refractivity contribution in [1.29, 1.82) is 0 Å². The van der Waals surface area contributed by atoms with Gasteiger partial charge in [0.1, 0.15) is 12.4 Å². The fraction of sp³-hybridized carbons (Fsp3) is 0.333. The van der Waals surface area contributed by atoms with Crippen LogP contribution in [0.1, 0.15) is 0 Å². The van der Waals surface area contributed by atoms with E-state index in [1.165, 1.54) is 6.08 Å². The maximum Gasteiger partial charge on any atom is 0.215 e. The van der Waals surface area contributed by atoms with Gasteiger partial charge in [-0.15, -0.1) is 0 Å². The number of sulfonamides is 1. The number of rotatable bonds is 6. The van der Waals surface area contributed by atoms with Crippen molar-refractivity contribution in [1.82, 2.24) is 4.72 Å². The molecule has 0 saturated carbocycles. The lowest BCUT2D eigenvalue weighted by atomic mass is 10.3. The number of nitrogens with one attached hydrogen (secondary N) is 1. The summed E-state index contributed by atoms with van der Waals surface area (Å²) in [6.45, 7) is -0.0536. The first kappa shape index (κ1) is 15.8. The van der Waals surface area contributed by atoms with Crippen LogP contribution in [-0.4, -0.2) is 41.0 Å². The summed E-state index contributed by atoms with van der Waals surface area (Å²) in [6.07, 6.45) is 1.33. The molecule has 1 aliphatic rings. The summed E-state index contributed by atoms with van der Waals surface area (Å²) < 4.78 is 53.6. The van der Waals surface area contributed by atoms with E-state index in [0.717, 1.165) is 5.41 Å². The smallest absolute Gasteiger partial charge is 0.215 e. The molecule has 1 heterocycles. The van der Waals surface area contributed by atoms with E-state index in [-0.39, 0.29) is 18.1 Å². The zero-order valence-electron chi connectivity index (χ0n) is 11.1. The Morgan fingerprint density at radius 2 is 2.14 bits per heavy atom. The predicted molar refractivity (Wildman–Crippen MR) is 80.0 cm³/mol. The van der Waals surface area contributed by atoms with E-state index < -0.39 is 25.9 Å². The van der Waals surface area contributed by atoms with Crippen LogP contribution in [0.25, 0.3) is 0 Å². The van der Waals surface area contributed by atoms with Crippen molar-refractivity contribution in [3.63, 3.8) is 0 Å². The predicted octanol–water partition coefficient (Wildman–Crippen LogP) is -0.122. The van der Waals surface area contributed by atoms with E-state index in [2.05, 4.69) is 4.72 Å². The first-order valence-electron chi connectivity index (χ1n) is 6.15. The fourth-order valence-electron chi connectivity index (χ4n) is 1.81. The van der Waals surface area contributed by atoms with Crippen LogP contribution in [0.2, 0.25) is 0 Å². The average Bonchev–Trinajstić information content (AvgIpc) is 2.67. The Morgan fingerprint density at radius 1 is 1.38 bits per heavy atom. The van der Waals surface area contributed by atoms with Gasteiger partial charge in [-0.2, -0.15) is 0 Å². The molecule has 1 aliphatic heterocycles. The van der Waals surface area contributed by atoms with E-state index in [1.807, 2.05) is 0 Å². The van der Waals surface area contributed by atoms with E-state index in [4.69, 9.17) is 10.5 Å². The maximum atomic E-state index is 11.8. The van der Waals surface area contributed by atoms with Gasteiger partial charge >= 0.3 is 0 Å². The van der Waals surface area contributed by atoms with Crippen LogP contribution in [0.4, 0.5) is 5.69 Å². The third-order valence-electron chi connectivity index (χ3n) is 2.74. The number of sulfone groups is 1. The molecule has 1 aromatic carbocycles. The van der Waals surface area contributed by atoms with E-state index >= 15 is 0 Å². The van der Waals surface area contributed by atoms with Crippen LogP contribution >= 0.6 is 0 Å². The first-order valence-corrected chi connectivity index (χ1v) is 9.52. The van der Waals surface area contributed by atoms with E-state index in [1.54, 1.807) is 24.3 Å². The lowest BCUT2D eigenvalue weighted by Crippen LogP contribution is -2.38. The van der Waals surface area contributed by atoms with Crippen LogP contribution in [0, 0.1) is 0 Å². The van der Waals surface area contributed by atoms with Gasteiger partial charge in [0, 0.05) is 17.2 Å². The van der Waals surface area contributed by atoms with Gasteiger partial charge in [-0.25, -0.2) is 21.6 Å². The molecule has 0 spiro atoms. The summed E-state index contributed by atoms with van der Waals surface area (Å²) in [5.74, 6) is -0.0392. The Hall–Kier alpha value is -1.58. The van der Waals surface area contributed by atoms with Crippen molar-refractivity contribution in [2.45, 2.75) is 6.04 Å². The molecule has 0 saturated heterocycles. The Balaban J connectivity index is 1.83. The van der Waals surface area contributed by atoms with Crippen molar-refractivity contribution in [3.8, 4) is 5.75 Å². The number of anilines is 1. The third kappa shape index (κ3) is 5.03. The fourth-order valence-corrected chi connectivity index (χ4v) is 4.20. The molecule has 0 bridgehead atoms. The van der Waals surface area contributed by atoms with Crippen LogP contribution in [0.15, 0.2) is 35.7 Å². The molecule has 1 aromatic rings. The zero-order valence-corrected chi connectivity index (χ0v) is 12.7. The summed E-state index contributed by atoms with van der Waals surface area (Å²) >= 11 is 0. The minimum absolute atomic E-state index is 0.0536. The number of hydrogen-bond acceptors (Lipinski definition) is 6. The highest BCUT2D eigenvalue weighted by Crippen LogP contribution is 2.14. The Labute approximate surface area is 123 Å². The molecule has 0 aromatic heterocycles. The quantitative estimate of drug-likeness (QED) is 0.702. The van der Waals surface area contributed by atoms with Crippen molar-refractivity contribution < 1.29 is 21.6 Å². The van der Waals surface area contributed by atoms with Gasteiger partial charge < -0.3 is 10.5 Å². The lowest BCUT2D eigenvalue weighted by Gasteiger charge is -2.11. The van der Waals surface area contributed by atoms with Crippen molar-refractivity contribution in [2.24, 2.45) is 0 Å². The van der Waals surface area contributed by atoms with Gasteiger partial charge in [-0.1, -0.05) is 12.1 Å². The number of ether oxygens (including phenoxy) is 1. The highest BCUT2D eigenvalue weighted by atomic mass is 32.2. The Morgan fingerprint density at radius 3 is 2.76 bits per heavy atom. The SMILES string of the molecule is Nc1cccc(OCCS(=O)(=O)NC2C=CS(=O)(=O)C2)c1. The molecule has 0 fully saturated rings. The highest BCUT2D eigenvalue weighted by Gasteiger charge is 2.25. The van der Waals surface area contributed by atoms with Gasteiger partial charge in [-0.3, -0.25) is 0 Å². The molecular weight excluding hydrogens is 316 g/mol. The largest absolute Gasteiger partial charge is 0.492 e. The van der Waals surface area contributed by atoms with Crippen LogP contribution in [-0.2, 0) is 19.9 Å². The molecule has 0 aliphatic carbocycles. The number of hydrogen-bond donors (Lipinski definition) is 2. The molecular formula is C12H16N2O5S2. The van der Waals surface area contributed by atoms with Crippen LogP contribution in [0.5, 0.6) is 5.75 Å². The molecule has 2 rings (SSSR count). The summed E-state index contributed by atoms with van der Waals surface area (Å²) in [5, 5.41) is 1.02. The molecule has 21 heavy (non-hydrogen) atoms. The first-order chi connectivity index (χ1) is 9.76. The highest BCUT2D eigenvalue weighted by molar-refractivity contribution is 7.94. The summed E-state index contributed by atoms with van der Waals surface area (Å²) in [5.41, 5.74) is 6.10. The van der Waals surface area contributed by atoms with Crippen molar-refractivity contribution >= 4 is 25.5 Å². The topological polar surface area (TPSA) is 116 Å². The number of benzene rings is 1. The normalized spacial score (nSPS) is 20.5. The molecule has 116 valence electrons. The molecule has 7 nitrogen and oxygen atoms in total. The molecule has 0 radical (unpaired) electrons. The maximum absolute atomic E-state index is 11.8. The van der Waals surface area contributed by atoms with Gasteiger partial charge in [0.05, 0.1) is 17.5 Å². The van der Waals surface area contributed by atoms with Gasteiger partial charge in [0.25, 0.3) is 0 Å². The number of nitrogens with two attached hydrogens (primary N) is 1. The molecule has 1 unspecified atom stereocenters. The Kier molecular flexibility index (Phi) is 4.55. The van der Waals surface area contributed by atoms with Gasteiger partial charge in [0.15, 0.2) is 9.84 Å². The van der Waals surface area contributed by atoms with Crippen LogP contribution < -0.4 is 15.2 Å².